The molecule has 1 amide bonds. The Bertz CT molecular complexity index is 733. The van der Waals surface area contributed by atoms with Crippen molar-refractivity contribution in [1.29, 1.82) is 0 Å². The van der Waals surface area contributed by atoms with Crippen molar-refractivity contribution in [2.75, 3.05) is 25.5 Å². The van der Waals surface area contributed by atoms with Gasteiger partial charge in [-0.1, -0.05) is 22.2 Å². The van der Waals surface area contributed by atoms with Gasteiger partial charge in [-0.05, 0) is 36.4 Å². The number of anilines is 1. The summed E-state index contributed by atoms with van der Waals surface area (Å²) in [5.41, 5.74) is 0.873. The van der Waals surface area contributed by atoms with E-state index < -0.39 is 8.03 Å². The van der Waals surface area contributed by atoms with Crippen LogP contribution in [0.25, 0.3) is 0 Å². The van der Waals surface area contributed by atoms with E-state index >= 15 is 0 Å². The second kappa shape index (κ2) is 9.61. The Labute approximate surface area is 152 Å². The summed E-state index contributed by atoms with van der Waals surface area (Å²) < 4.78 is 15.8. The van der Waals surface area contributed by atoms with E-state index in [1.165, 1.54) is 18.2 Å². The molecular weight excluding hydrogens is 363 g/mol. The van der Waals surface area contributed by atoms with E-state index in [9.17, 15) is 14.3 Å². The second-order valence-corrected chi connectivity index (χ2v) is 6.75. The van der Waals surface area contributed by atoms with Crippen LogP contribution >= 0.6 is 19.6 Å². The summed E-state index contributed by atoms with van der Waals surface area (Å²) in [6, 6.07) is 12.5. The summed E-state index contributed by atoms with van der Waals surface area (Å²) in [5.74, 6) is -0.374. The third kappa shape index (κ3) is 6.20. The lowest BCUT2D eigenvalue weighted by molar-refractivity contribution is -0.160. The molecule has 1 unspecified atom stereocenters. The fourth-order valence-corrected chi connectivity index (χ4v) is 2.50. The molecule has 0 saturated carbocycles. The van der Waals surface area contributed by atoms with Crippen LogP contribution in [0.1, 0.15) is 10.4 Å². The summed E-state index contributed by atoms with van der Waals surface area (Å²) in [5, 5.41) is 6.43. The van der Waals surface area contributed by atoms with Gasteiger partial charge >= 0.3 is 8.03 Å². The first-order valence-corrected chi connectivity index (χ1v) is 9.10. The SMILES string of the molecule is COC1CNC1.O=C(Nc1ccc(Cl)cc1)c1cccc([P+](=O)[O-])c1. The van der Waals surface area contributed by atoms with Crippen molar-refractivity contribution in [2.24, 2.45) is 0 Å². The fraction of sp³-hybridized carbons (Fsp3) is 0.235. The van der Waals surface area contributed by atoms with Crippen LogP contribution in [0.4, 0.5) is 5.69 Å². The van der Waals surface area contributed by atoms with Crippen molar-refractivity contribution >= 4 is 36.5 Å². The molecule has 1 atom stereocenters. The van der Waals surface area contributed by atoms with Gasteiger partial charge in [-0.2, -0.15) is 0 Å². The summed E-state index contributed by atoms with van der Waals surface area (Å²) in [6.07, 6.45) is 0.505. The molecule has 6 nitrogen and oxygen atoms in total. The summed E-state index contributed by atoms with van der Waals surface area (Å²) in [4.78, 5) is 22.8. The molecular formula is C17H18ClN2O4P. The number of carbonyl (C=O) groups excluding carboxylic acids is 1. The number of hydrogen-bond donors (Lipinski definition) is 2. The first-order valence-electron chi connectivity index (χ1n) is 7.54. The third-order valence-corrected chi connectivity index (χ3v) is 4.45. The molecule has 2 N–H and O–H groups in total. The van der Waals surface area contributed by atoms with Crippen LogP contribution in [-0.4, -0.2) is 32.2 Å². The minimum absolute atomic E-state index is 0.110. The molecule has 0 aromatic heterocycles. The molecule has 0 bridgehead atoms. The van der Waals surface area contributed by atoms with E-state index in [4.69, 9.17) is 16.3 Å². The van der Waals surface area contributed by atoms with Crippen LogP contribution in [0.15, 0.2) is 48.5 Å². The van der Waals surface area contributed by atoms with Gasteiger partial charge in [0, 0.05) is 42.5 Å². The predicted octanol–water partition coefficient (Wildman–Crippen LogP) is 1.92. The van der Waals surface area contributed by atoms with Gasteiger partial charge in [0.1, 0.15) is 0 Å². The summed E-state index contributed by atoms with van der Waals surface area (Å²) in [6.45, 7) is 2.08. The average Bonchev–Trinajstić information content (AvgIpc) is 2.56. The van der Waals surface area contributed by atoms with Crippen molar-refractivity contribution in [2.45, 2.75) is 6.10 Å². The molecule has 1 fully saturated rings. The molecule has 3 rings (SSSR count). The number of halogens is 1. The second-order valence-electron chi connectivity index (χ2n) is 5.28. The Morgan fingerprint density at radius 3 is 2.44 bits per heavy atom. The highest BCUT2D eigenvalue weighted by molar-refractivity contribution is 7.45. The van der Waals surface area contributed by atoms with Gasteiger partial charge in [0.2, 0.25) is 0 Å². The van der Waals surface area contributed by atoms with Crippen molar-refractivity contribution in [1.82, 2.24) is 5.32 Å². The lowest BCUT2D eigenvalue weighted by atomic mass is 10.2. The molecule has 1 aliphatic rings. The molecule has 1 aliphatic heterocycles. The molecule has 0 radical (unpaired) electrons. The minimum Gasteiger partial charge on any atom is -0.591 e. The molecule has 1 heterocycles. The fourth-order valence-electron chi connectivity index (χ4n) is 1.93. The normalized spacial score (nSPS) is 14.0. The molecule has 0 spiro atoms. The standard InChI is InChI=1S/C13H9ClNO3P.C4H9NO/c14-10-4-6-11(7-5-10)15-13(16)9-2-1-3-12(8-9)19(17)18;1-6-4-2-5-3-4/h1-8H,(H,15,16);4-5H,2-3H2,1H3. The number of rotatable bonds is 4. The first-order chi connectivity index (χ1) is 12.0. The lowest BCUT2D eigenvalue weighted by Gasteiger charge is -2.24. The Morgan fingerprint density at radius 2 is 1.96 bits per heavy atom. The quantitative estimate of drug-likeness (QED) is 0.791. The molecule has 2 aromatic carbocycles. The molecule has 0 aliphatic carbocycles. The van der Waals surface area contributed by atoms with E-state index in [-0.39, 0.29) is 16.8 Å². The molecule has 2 aromatic rings. The molecule has 25 heavy (non-hydrogen) atoms. The topological polar surface area (TPSA) is 90.5 Å². The highest BCUT2D eigenvalue weighted by Crippen LogP contribution is 2.15. The first kappa shape index (κ1) is 19.5. The number of methoxy groups -OCH3 is 1. The monoisotopic (exact) mass is 380 g/mol. The number of benzene rings is 2. The van der Waals surface area contributed by atoms with Crippen LogP contribution in [0.2, 0.25) is 5.02 Å². The highest BCUT2D eigenvalue weighted by Gasteiger charge is 2.14. The van der Waals surface area contributed by atoms with Crippen molar-refractivity contribution in [3.63, 3.8) is 0 Å². The van der Waals surface area contributed by atoms with Crippen LogP contribution in [-0.2, 0) is 9.30 Å². The van der Waals surface area contributed by atoms with Gasteiger partial charge in [0.25, 0.3) is 5.91 Å². The van der Waals surface area contributed by atoms with Gasteiger partial charge in [-0.15, -0.1) is 0 Å². The van der Waals surface area contributed by atoms with Crippen LogP contribution in [0.3, 0.4) is 0 Å². The number of hydrogen-bond acceptors (Lipinski definition) is 5. The van der Waals surface area contributed by atoms with Crippen LogP contribution < -0.4 is 20.8 Å². The number of nitrogens with one attached hydrogen (secondary N) is 2. The third-order valence-electron chi connectivity index (χ3n) is 3.50. The highest BCUT2D eigenvalue weighted by atomic mass is 35.5. The molecule has 1 saturated heterocycles. The maximum Gasteiger partial charge on any atom is 0.348 e. The van der Waals surface area contributed by atoms with E-state index in [1.807, 2.05) is 0 Å². The van der Waals surface area contributed by atoms with Crippen LogP contribution in [0.5, 0.6) is 0 Å². The van der Waals surface area contributed by atoms with Gasteiger partial charge < -0.3 is 20.3 Å². The summed E-state index contributed by atoms with van der Waals surface area (Å²) in [7, 11) is -0.956. The lowest BCUT2D eigenvalue weighted by Crippen LogP contribution is -2.47. The number of amides is 1. The van der Waals surface area contributed by atoms with E-state index in [0.717, 1.165) is 13.1 Å². The average molecular weight is 381 g/mol. The van der Waals surface area contributed by atoms with Gasteiger partial charge in [-0.25, -0.2) is 0 Å². The summed E-state index contributed by atoms with van der Waals surface area (Å²) >= 11 is 5.74. The Kier molecular flexibility index (Phi) is 7.50. The largest absolute Gasteiger partial charge is 0.591 e. The zero-order chi connectivity index (χ0) is 18.2. The number of ether oxygens (including phenoxy) is 1. The Balaban J connectivity index is 0.000000316. The zero-order valence-corrected chi connectivity index (χ0v) is 15.2. The number of carbonyl (C=O) groups is 1. The molecule has 132 valence electrons. The van der Waals surface area contributed by atoms with Crippen LogP contribution in [0, 0.1) is 0 Å². The minimum atomic E-state index is -2.70. The van der Waals surface area contributed by atoms with Crippen molar-refractivity contribution < 1.29 is 19.0 Å². The predicted molar refractivity (Wildman–Crippen MR) is 96.8 cm³/mol. The van der Waals surface area contributed by atoms with E-state index in [2.05, 4.69) is 10.6 Å². The van der Waals surface area contributed by atoms with Crippen molar-refractivity contribution in [3.05, 3.63) is 59.1 Å². The van der Waals surface area contributed by atoms with Gasteiger partial charge in [0.15, 0.2) is 5.30 Å². The Morgan fingerprint density at radius 1 is 1.28 bits per heavy atom. The maximum absolute atomic E-state index is 11.9. The molecule has 8 heteroatoms. The van der Waals surface area contributed by atoms with Gasteiger partial charge in [-0.3, -0.25) is 4.79 Å². The smallest absolute Gasteiger partial charge is 0.348 e. The zero-order valence-electron chi connectivity index (χ0n) is 13.6. The van der Waals surface area contributed by atoms with E-state index in [0.29, 0.717) is 16.8 Å². The maximum atomic E-state index is 11.9. The van der Waals surface area contributed by atoms with Crippen molar-refractivity contribution in [3.8, 4) is 0 Å². The Hall–Kier alpha value is -1.82. The van der Waals surface area contributed by atoms with Gasteiger partial charge in [0.05, 0.1) is 6.10 Å². The van der Waals surface area contributed by atoms with E-state index in [1.54, 1.807) is 37.4 Å².